The quantitative estimate of drug-likeness (QED) is 0.0709. The first-order valence-electron chi connectivity index (χ1n) is 16.6. The van der Waals surface area contributed by atoms with Crippen LogP contribution in [-0.4, -0.2) is 39.0 Å². The van der Waals surface area contributed by atoms with Gasteiger partial charge in [0.05, 0.1) is 38.6 Å². The lowest BCUT2D eigenvalue weighted by molar-refractivity contribution is -0.118. The maximum absolute atomic E-state index is 12.2. The Hall–Kier alpha value is -4.56. The number of carbonyl (C=O) groups excluding carboxylic acids is 2. The summed E-state index contributed by atoms with van der Waals surface area (Å²) in [7, 11) is 3.16. The minimum absolute atomic E-state index is 0.132. The number of unbranched alkanes of at least 4 members (excludes halogenated alkanes) is 8. The van der Waals surface area contributed by atoms with E-state index < -0.39 is 0 Å². The molecule has 47 heavy (non-hydrogen) atoms. The molecule has 0 aliphatic carbocycles. The lowest BCUT2D eigenvalue weighted by Gasteiger charge is -2.12. The monoisotopic (exact) mass is 642 g/mol. The Morgan fingerprint density at radius 2 is 0.936 bits per heavy atom. The molecule has 0 heterocycles. The van der Waals surface area contributed by atoms with Crippen molar-refractivity contribution < 1.29 is 28.5 Å². The number of allylic oxidation sites excluding steroid dienone is 2. The Morgan fingerprint density at radius 1 is 0.596 bits per heavy atom. The first kappa shape index (κ1) is 38.6. The number of hydrogen-bond acceptors (Lipinski definition) is 8. The van der Waals surface area contributed by atoms with Gasteiger partial charge in [-0.05, 0) is 60.4 Å². The zero-order valence-corrected chi connectivity index (χ0v) is 28.9. The van der Waals surface area contributed by atoms with Crippen LogP contribution >= 0.6 is 0 Å². The topological polar surface area (TPSA) is 119 Å². The highest BCUT2D eigenvalue weighted by Gasteiger charge is 2.15. The van der Waals surface area contributed by atoms with E-state index in [1.54, 1.807) is 66.2 Å². The molecular formula is C39H50N2O6. The molecule has 0 saturated heterocycles. The number of benzene rings is 2. The van der Waals surface area contributed by atoms with Crippen molar-refractivity contribution in [2.24, 2.45) is 11.8 Å². The molecule has 0 atom stereocenters. The van der Waals surface area contributed by atoms with Gasteiger partial charge in [0.2, 0.25) is 0 Å². The number of ether oxygens (including phenoxy) is 4. The zero-order chi connectivity index (χ0) is 34.6. The van der Waals surface area contributed by atoms with E-state index in [1.807, 2.05) is 36.4 Å². The number of nitriles is 2. The van der Waals surface area contributed by atoms with E-state index in [-0.39, 0.29) is 34.5 Å². The van der Waals surface area contributed by atoms with Crippen molar-refractivity contribution in [3.05, 3.63) is 58.7 Å². The van der Waals surface area contributed by atoms with Crippen molar-refractivity contribution in [2.75, 3.05) is 27.4 Å². The van der Waals surface area contributed by atoms with Crippen molar-refractivity contribution in [3.8, 4) is 35.1 Å². The molecule has 8 nitrogen and oxygen atoms in total. The highest BCUT2D eigenvalue weighted by molar-refractivity contribution is 6.04. The van der Waals surface area contributed by atoms with Crippen LogP contribution < -0.4 is 18.9 Å². The molecule has 0 amide bonds. The van der Waals surface area contributed by atoms with Gasteiger partial charge in [0.1, 0.15) is 12.1 Å². The van der Waals surface area contributed by atoms with Crippen LogP contribution in [0.1, 0.15) is 96.6 Å². The van der Waals surface area contributed by atoms with Crippen LogP contribution in [-0.2, 0) is 9.59 Å². The van der Waals surface area contributed by atoms with Crippen molar-refractivity contribution in [1.82, 2.24) is 0 Å². The van der Waals surface area contributed by atoms with E-state index in [4.69, 9.17) is 18.9 Å². The van der Waals surface area contributed by atoms with Crippen molar-refractivity contribution >= 4 is 23.7 Å². The Kier molecular flexibility index (Phi) is 17.5. The molecule has 2 aromatic carbocycles. The summed E-state index contributed by atoms with van der Waals surface area (Å²) in [6, 6.07) is 14.9. The average Bonchev–Trinajstić information content (AvgIpc) is 3.07. The number of carbonyl (C=O) groups is 2. The second-order valence-electron chi connectivity index (χ2n) is 12.1. The molecular weight excluding hydrogens is 592 g/mol. The van der Waals surface area contributed by atoms with Crippen LogP contribution in [0.15, 0.2) is 47.5 Å². The van der Waals surface area contributed by atoms with Crippen LogP contribution in [0.2, 0.25) is 0 Å². The summed E-state index contributed by atoms with van der Waals surface area (Å²) in [5, 5.41) is 18.7. The Labute approximate surface area is 281 Å². The molecule has 0 aliphatic heterocycles. The molecule has 2 rings (SSSR count). The van der Waals surface area contributed by atoms with Crippen LogP contribution in [0.3, 0.4) is 0 Å². The van der Waals surface area contributed by atoms with Gasteiger partial charge < -0.3 is 18.9 Å². The van der Waals surface area contributed by atoms with E-state index in [0.717, 1.165) is 36.8 Å². The van der Waals surface area contributed by atoms with E-state index in [2.05, 4.69) is 0 Å². The fourth-order valence-corrected chi connectivity index (χ4v) is 4.86. The highest BCUT2D eigenvalue weighted by atomic mass is 16.5. The van der Waals surface area contributed by atoms with E-state index in [9.17, 15) is 20.1 Å². The van der Waals surface area contributed by atoms with Gasteiger partial charge in [-0.2, -0.15) is 10.5 Å². The van der Waals surface area contributed by atoms with Gasteiger partial charge >= 0.3 is 0 Å². The number of ketones is 2. The first-order valence-corrected chi connectivity index (χ1v) is 16.6. The van der Waals surface area contributed by atoms with Gasteiger partial charge in [0.15, 0.2) is 34.6 Å². The van der Waals surface area contributed by atoms with Crippen LogP contribution in [0.5, 0.6) is 23.0 Å². The van der Waals surface area contributed by atoms with Crippen LogP contribution in [0.4, 0.5) is 0 Å². The predicted octanol–water partition coefficient (Wildman–Crippen LogP) is 8.94. The molecule has 252 valence electrons. The van der Waals surface area contributed by atoms with Crippen molar-refractivity contribution in [2.45, 2.75) is 85.5 Å². The minimum atomic E-state index is -0.238. The Balaban J connectivity index is 1.62. The fraction of sp³-hybridized carbons (Fsp3) is 0.487. The minimum Gasteiger partial charge on any atom is -0.493 e. The number of methoxy groups -OCH3 is 2. The second-order valence-corrected chi connectivity index (χ2v) is 12.1. The normalized spacial score (nSPS) is 11.6. The maximum atomic E-state index is 12.2. The number of nitrogens with zero attached hydrogens (tertiary/aromatic N) is 2. The SMILES string of the molecule is COc1cc(C=C(C#N)C(=O)C(C)C)ccc1OCCCCCCCCCCCOc1ccc(C=C(C#N)C(=O)C(C)C)cc1OC. The lowest BCUT2D eigenvalue weighted by atomic mass is 10.00. The van der Waals surface area contributed by atoms with E-state index in [1.165, 1.54) is 32.1 Å². The van der Waals surface area contributed by atoms with Crippen molar-refractivity contribution in [3.63, 3.8) is 0 Å². The standard InChI is InChI=1S/C39H50N2O6/c1-28(2)38(42)32(26-40)22-30-16-18-34(36(24-30)44-5)46-20-14-12-10-8-7-9-11-13-15-21-47-35-19-17-31(25-37(35)45-6)23-33(27-41)39(43)29(3)4/h16-19,22-25,28-29H,7-15,20-21H2,1-6H3. The summed E-state index contributed by atoms with van der Waals surface area (Å²) < 4.78 is 22.8. The number of rotatable bonds is 22. The predicted molar refractivity (Wildman–Crippen MR) is 185 cm³/mol. The molecule has 0 unspecified atom stereocenters. The molecule has 0 N–H and O–H groups in total. The zero-order valence-electron chi connectivity index (χ0n) is 28.9. The molecule has 0 saturated carbocycles. The Morgan fingerprint density at radius 3 is 1.23 bits per heavy atom. The largest absolute Gasteiger partial charge is 0.493 e. The number of hydrogen-bond donors (Lipinski definition) is 0. The highest BCUT2D eigenvalue weighted by Crippen LogP contribution is 2.31. The summed E-state index contributed by atoms with van der Waals surface area (Å²) in [6.45, 7) is 8.31. The van der Waals surface area contributed by atoms with Gasteiger partial charge in [0, 0.05) is 11.8 Å². The summed E-state index contributed by atoms with van der Waals surface area (Å²) in [5.41, 5.74) is 1.71. The molecule has 8 heteroatoms. The molecule has 0 aliphatic rings. The van der Waals surface area contributed by atoms with Crippen LogP contribution in [0, 0.1) is 34.5 Å². The summed E-state index contributed by atoms with van der Waals surface area (Å²) in [6.07, 6.45) is 13.2. The molecule has 0 bridgehead atoms. The van der Waals surface area contributed by atoms with Crippen molar-refractivity contribution in [1.29, 1.82) is 10.5 Å². The lowest BCUT2D eigenvalue weighted by Crippen LogP contribution is -2.08. The molecule has 0 aromatic heterocycles. The molecule has 0 spiro atoms. The smallest absolute Gasteiger partial charge is 0.175 e. The van der Waals surface area contributed by atoms with Gasteiger partial charge in [-0.15, -0.1) is 0 Å². The summed E-state index contributed by atoms with van der Waals surface area (Å²) >= 11 is 0. The van der Waals surface area contributed by atoms with E-state index in [0.29, 0.717) is 36.2 Å². The van der Waals surface area contributed by atoms with Gasteiger partial charge in [0.25, 0.3) is 0 Å². The van der Waals surface area contributed by atoms with Gasteiger partial charge in [-0.25, -0.2) is 0 Å². The second kappa shape index (κ2) is 21.3. The molecule has 0 fully saturated rings. The summed E-state index contributed by atoms with van der Waals surface area (Å²) in [5.74, 6) is 1.63. The van der Waals surface area contributed by atoms with E-state index >= 15 is 0 Å². The fourth-order valence-electron chi connectivity index (χ4n) is 4.86. The number of Topliss-reactive ketones (excluding diaryl/α,β-unsaturated/α-hetero) is 2. The third-order valence-electron chi connectivity index (χ3n) is 7.62. The Bertz CT molecular complexity index is 1350. The maximum Gasteiger partial charge on any atom is 0.175 e. The van der Waals surface area contributed by atoms with Gasteiger partial charge in [-0.3, -0.25) is 9.59 Å². The molecule has 0 radical (unpaired) electrons. The first-order chi connectivity index (χ1) is 22.6. The summed E-state index contributed by atoms with van der Waals surface area (Å²) in [4.78, 5) is 24.4. The molecule has 2 aromatic rings. The average molecular weight is 643 g/mol. The third kappa shape index (κ3) is 13.4. The van der Waals surface area contributed by atoms with Gasteiger partial charge in [-0.1, -0.05) is 84.8 Å². The van der Waals surface area contributed by atoms with Crippen LogP contribution in [0.25, 0.3) is 12.2 Å². The third-order valence-corrected chi connectivity index (χ3v) is 7.62.